The number of nitrogens with zero attached hydrogens (tertiary/aromatic N) is 2. The zero-order chi connectivity index (χ0) is 13.5. The Bertz CT molecular complexity index is 410. The third-order valence-corrected chi connectivity index (χ3v) is 2.58. The summed E-state index contributed by atoms with van der Waals surface area (Å²) >= 11 is 5.91. The van der Waals surface area contributed by atoms with Gasteiger partial charge in [0.15, 0.2) is 0 Å². The van der Waals surface area contributed by atoms with Crippen molar-refractivity contribution in [2.45, 2.75) is 6.42 Å². The molecule has 0 aliphatic rings. The Hall–Kier alpha value is -1.37. The molecule has 0 atom stereocenters. The van der Waals surface area contributed by atoms with Crippen molar-refractivity contribution in [1.29, 1.82) is 0 Å². The van der Waals surface area contributed by atoms with E-state index >= 15 is 0 Å². The molecule has 0 fully saturated rings. The number of anilines is 1. The first-order chi connectivity index (χ1) is 8.54. The van der Waals surface area contributed by atoms with Crippen molar-refractivity contribution >= 4 is 23.3 Å². The molecule has 0 radical (unpaired) electrons. The number of nitrogens with two attached hydrogens (primary N) is 1. The Kier molecular flexibility index (Phi) is 5.84. The van der Waals surface area contributed by atoms with E-state index in [4.69, 9.17) is 17.4 Å². The molecule has 1 heterocycles. The fourth-order valence-corrected chi connectivity index (χ4v) is 1.55. The predicted octanol–water partition coefficient (Wildman–Crippen LogP) is 0.702. The maximum Gasteiger partial charge on any atom is 0.271 e. The maximum atomic E-state index is 11.8. The third kappa shape index (κ3) is 4.48. The predicted molar refractivity (Wildman–Crippen MR) is 72.6 cm³/mol. The van der Waals surface area contributed by atoms with Crippen LogP contribution in [-0.4, -0.2) is 43.0 Å². The molecule has 100 valence electrons. The lowest BCUT2D eigenvalue weighted by Gasteiger charge is -2.10. The molecule has 0 spiro atoms. The van der Waals surface area contributed by atoms with Crippen LogP contribution in [0.2, 0.25) is 5.02 Å². The van der Waals surface area contributed by atoms with Crippen LogP contribution < -0.4 is 16.6 Å². The highest BCUT2D eigenvalue weighted by Gasteiger charge is 2.12. The van der Waals surface area contributed by atoms with Crippen LogP contribution in [0, 0.1) is 0 Å². The Morgan fingerprint density at radius 2 is 2.22 bits per heavy atom. The first-order valence-electron chi connectivity index (χ1n) is 5.60. The number of carbonyl (C=O) groups is 1. The zero-order valence-electron chi connectivity index (χ0n) is 10.5. The van der Waals surface area contributed by atoms with Gasteiger partial charge >= 0.3 is 0 Å². The van der Waals surface area contributed by atoms with Crippen LogP contribution >= 0.6 is 11.6 Å². The molecule has 7 heteroatoms. The van der Waals surface area contributed by atoms with Crippen LogP contribution in [-0.2, 0) is 0 Å². The molecule has 1 rings (SSSR count). The standard InChI is InChI=1S/C11H18ClN5O/c1-17(2)7-3-6-14-11(18)10-8(12)4-5-9(15-10)16-13/h4-5H,3,6-7,13H2,1-2H3,(H,14,18)(H,15,16). The minimum absolute atomic E-state index is 0.178. The summed E-state index contributed by atoms with van der Waals surface area (Å²) in [5.41, 5.74) is 2.55. The van der Waals surface area contributed by atoms with Gasteiger partial charge in [-0.2, -0.15) is 0 Å². The molecule has 0 unspecified atom stereocenters. The molecule has 0 aromatic carbocycles. The van der Waals surface area contributed by atoms with Crippen molar-refractivity contribution in [1.82, 2.24) is 15.2 Å². The van der Waals surface area contributed by atoms with Gasteiger partial charge in [0.1, 0.15) is 11.5 Å². The van der Waals surface area contributed by atoms with Gasteiger partial charge in [0.25, 0.3) is 5.91 Å². The molecular weight excluding hydrogens is 254 g/mol. The molecule has 0 aliphatic carbocycles. The Morgan fingerprint density at radius 1 is 1.50 bits per heavy atom. The van der Waals surface area contributed by atoms with Gasteiger partial charge in [-0.1, -0.05) is 11.6 Å². The van der Waals surface area contributed by atoms with Gasteiger partial charge in [-0.25, -0.2) is 10.8 Å². The van der Waals surface area contributed by atoms with Crippen molar-refractivity contribution in [2.24, 2.45) is 5.84 Å². The first-order valence-corrected chi connectivity index (χ1v) is 5.98. The molecule has 1 aromatic rings. The number of nitrogen functional groups attached to an aromatic ring is 1. The Balaban J connectivity index is 2.55. The lowest BCUT2D eigenvalue weighted by molar-refractivity contribution is 0.0947. The van der Waals surface area contributed by atoms with E-state index in [-0.39, 0.29) is 11.6 Å². The van der Waals surface area contributed by atoms with Gasteiger partial charge in [0, 0.05) is 6.54 Å². The minimum atomic E-state index is -0.296. The van der Waals surface area contributed by atoms with Crippen LogP contribution in [0.3, 0.4) is 0 Å². The SMILES string of the molecule is CN(C)CCCNC(=O)c1nc(NN)ccc1Cl. The number of hydrogen-bond acceptors (Lipinski definition) is 5. The molecule has 1 aromatic heterocycles. The third-order valence-electron chi connectivity index (χ3n) is 2.28. The van der Waals surface area contributed by atoms with E-state index in [2.05, 4.69) is 20.6 Å². The van der Waals surface area contributed by atoms with E-state index in [1.165, 1.54) is 0 Å². The summed E-state index contributed by atoms with van der Waals surface area (Å²) in [6.45, 7) is 1.49. The van der Waals surface area contributed by atoms with Crippen molar-refractivity contribution in [3.8, 4) is 0 Å². The summed E-state index contributed by atoms with van der Waals surface area (Å²) in [4.78, 5) is 17.9. The lowest BCUT2D eigenvalue weighted by atomic mass is 10.3. The van der Waals surface area contributed by atoms with Crippen LogP contribution in [0.15, 0.2) is 12.1 Å². The van der Waals surface area contributed by atoms with Crippen LogP contribution in [0.1, 0.15) is 16.9 Å². The summed E-state index contributed by atoms with van der Waals surface area (Å²) in [5, 5.41) is 3.07. The Morgan fingerprint density at radius 3 is 2.83 bits per heavy atom. The normalized spacial score (nSPS) is 10.5. The van der Waals surface area contributed by atoms with Crippen molar-refractivity contribution in [3.05, 3.63) is 22.8 Å². The average Bonchev–Trinajstić information content (AvgIpc) is 2.34. The second-order valence-corrected chi connectivity index (χ2v) is 4.49. The molecule has 4 N–H and O–H groups in total. The number of carbonyl (C=O) groups excluding carboxylic acids is 1. The molecule has 0 bridgehead atoms. The van der Waals surface area contributed by atoms with Gasteiger partial charge < -0.3 is 15.6 Å². The molecule has 1 amide bonds. The van der Waals surface area contributed by atoms with Crippen LogP contribution in [0.5, 0.6) is 0 Å². The number of rotatable bonds is 6. The highest BCUT2D eigenvalue weighted by Crippen LogP contribution is 2.15. The largest absolute Gasteiger partial charge is 0.351 e. The number of amides is 1. The highest BCUT2D eigenvalue weighted by molar-refractivity contribution is 6.33. The summed E-state index contributed by atoms with van der Waals surface area (Å²) in [7, 11) is 3.97. The number of hydrazine groups is 1. The summed E-state index contributed by atoms with van der Waals surface area (Å²) in [5.74, 6) is 5.34. The fraction of sp³-hybridized carbons (Fsp3) is 0.455. The monoisotopic (exact) mass is 271 g/mol. The quantitative estimate of drug-likeness (QED) is 0.403. The van der Waals surface area contributed by atoms with E-state index in [0.717, 1.165) is 13.0 Å². The number of pyridine rings is 1. The van der Waals surface area contributed by atoms with Gasteiger partial charge in [0.2, 0.25) is 0 Å². The first kappa shape index (κ1) is 14.7. The second-order valence-electron chi connectivity index (χ2n) is 4.08. The number of aromatic nitrogens is 1. The number of halogens is 1. The second kappa shape index (κ2) is 7.15. The fourth-order valence-electron chi connectivity index (χ4n) is 1.36. The van der Waals surface area contributed by atoms with Crippen molar-refractivity contribution in [2.75, 3.05) is 32.6 Å². The van der Waals surface area contributed by atoms with Crippen molar-refractivity contribution in [3.63, 3.8) is 0 Å². The van der Waals surface area contributed by atoms with Crippen molar-refractivity contribution < 1.29 is 4.79 Å². The highest BCUT2D eigenvalue weighted by atomic mass is 35.5. The summed E-state index contributed by atoms with van der Waals surface area (Å²) in [6, 6.07) is 3.18. The van der Waals surface area contributed by atoms with E-state index in [9.17, 15) is 4.79 Å². The molecule has 6 nitrogen and oxygen atoms in total. The molecule has 18 heavy (non-hydrogen) atoms. The zero-order valence-corrected chi connectivity index (χ0v) is 11.3. The summed E-state index contributed by atoms with van der Waals surface area (Å²) in [6.07, 6.45) is 0.866. The number of hydrogen-bond donors (Lipinski definition) is 3. The van der Waals surface area contributed by atoms with E-state index in [1.54, 1.807) is 12.1 Å². The van der Waals surface area contributed by atoms with Gasteiger partial charge in [-0.3, -0.25) is 4.79 Å². The average molecular weight is 272 g/mol. The smallest absolute Gasteiger partial charge is 0.271 e. The topological polar surface area (TPSA) is 83.3 Å². The van der Waals surface area contributed by atoms with Crippen LogP contribution in [0.4, 0.5) is 5.82 Å². The minimum Gasteiger partial charge on any atom is -0.351 e. The molecular formula is C11H18ClN5O. The molecule has 0 saturated carbocycles. The van der Waals surface area contributed by atoms with Gasteiger partial charge in [-0.15, -0.1) is 0 Å². The molecule has 0 aliphatic heterocycles. The Labute approximate surface area is 111 Å². The maximum absolute atomic E-state index is 11.8. The van der Waals surface area contributed by atoms with E-state index < -0.39 is 0 Å². The van der Waals surface area contributed by atoms with E-state index in [0.29, 0.717) is 17.4 Å². The van der Waals surface area contributed by atoms with E-state index in [1.807, 2.05) is 14.1 Å². The molecule has 0 saturated heterocycles. The van der Waals surface area contributed by atoms with Gasteiger partial charge in [0.05, 0.1) is 5.02 Å². The number of nitrogens with one attached hydrogen (secondary N) is 2. The van der Waals surface area contributed by atoms with Crippen LogP contribution in [0.25, 0.3) is 0 Å². The lowest BCUT2D eigenvalue weighted by Crippen LogP contribution is -2.28. The van der Waals surface area contributed by atoms with Gasteiger partial charge in [-0.05, 0) is 39.2 Å². The summed E-state index contributed by atoms with van der Waals surface area (Å²) < 4.78 is 0.